The van der Waals surface area contributed by atoms with Crippen LogP contribution in [0.3, 0.4) is 0 Å². The number of imidazole rings is 1. The van der Waals surface area contributed by atoms with Crippen molar-refractivity contribution < 1.29 is 4.79 Å². The van der Waals surface area contributed by atoms with Crippen LogP contribution in [0.5, 0.6) is 0 Å². The maximum atomic E-state index is 12.1. The molecule has 0 aliphatic rings. The number of nitrogens with one attached hydrogen (secondary N) is 2. The smallest absolute Gasteiger partial charge is 0.253 e. The number of aromatic amines is 1. The van der Waals surface area contributed by atoms with Gasteiger partial charge in [0, 0.05) is 18.9 Å². The molecule has 0 aliphatic carbocycles. The highest BCUT2D eigenvalue weighted by Crippen LogP contribution is 2.14. The average molecular weight is 252 g/mol. The Kier molecular flexibility index (Phi) is 2.94. The summed E-state index contributed by atoms with van der Waals surface area (Å²) in [5, 5.41) is 2.88. The Balaban J connectivity index is 1.79. The zero-order valence-electron chi connectivity index (χ0n) is 10.1. The highest BCUT2D eigenvalue weighted by atomic mass is 16.1. The summed E-state index contributed by atoms with van der Waals surface area (Å²) in [6.07, 6.45) is 5.00. The standard InChI is InChI=1S/C14H12N4O/c19-14(16-8-10-4-6-15-7-5-10)11-2-1-3-12-13(11)18-9-17-12/h1-7,9H,8H2,(H,16,19)(H,17,18). The van der Waals surface area contributed by atoms with Crippen LogP contribution in [0, 0.1) is 0 Å². The molecule has 0 spiro atoms. The first-order valence-electron chi connectivity index (χ1n) is 5.94. The first-order valence-corrected chi connectivity index (χ1v) is 5.94. The van der Waals surface area contributed by atoms with E-state index in [0.29, 0.717) is 17.6 Å². The van der Waals surface area contributed by atoms with Crippen molar-refractivity contribution in [1.29, 1.82) is 0 Å². The van der Waals surface area contributed by atoms with Crippen molar-refractivity contribution in [2.75, 3.05) is 0 Å². The normalized spacial score (nSPS) is 10.5. The van der Waals surface area contributed by atoms with Crippen LogP contribution in [0.25, 0.3) is 11.0 Å². The summed E-state index contributed by atoms with van der Waals surface area (Å²) in [7, 11) is 0. The van der Waals surface area contributed by atoms with Gasteiger partial charge in [0.25, 0.3) is 5.91 Å². The second kappa shape index (κ2) is 4.89. The minimum Gasteiger partial charge on any atom is -0.348 e. The molecular weight excluding hydrogens is 240 g/mol. The van der Waals surface area contributed by atoms with Crippen molar-refractivity contribution >= 4 is 16.9 Å². The van der Waals surface area contributed by atoms with Crippen LogP contribution in [0.1, 0.15) is 15.9 Å². The Morgan fingerprint density at radius 3 is 2.89 bits per heavy atom. The van der Waals surface area contributed by atoms with Crippen LogP contribution in [0.2, 0.25) is 0 Å². The lowest BCUT2D eigenvalue weighted by Gasteiger charge is -2.05. The van der Waals surface area contributed by atoms with Gasteiger partial charge in [-0.2, -0.15) is 0 Å². The Morgan fingerprint density at radius 2 is 2.05 bits per heavy atom. The van der Waals surface area contributed by atoms with Crippen LogP contribution < -0.4 is 5.32 Å². The molecule has 3 rings (SSSR count). The lowest BCUT2D eigenvalue weighted by molar-refractivity contribution is 0.0952. The number of pyridine rings is 1. The van der Waals surface area contributed by atoms with E-state index in [9.17, 15) is 4.79 Å². The highest BCUT2D eigenvalue weighted by Gasteiger charge is 2.10. The molecule has 2 aromatic heterocycles. The van der Waals surface area contributed by atoms with E-state index in [0.717, 1.165) is 11.1 Å². The number of hydrogen-bond donors (Lipinski definition) is 2. The number of para-hydroxylation sites is 1. The summed E-state index contributed by atoms with van der Waals surface area (Å²) < 4.78 is 0. The number of fused-ring (bicyclic) bond motifs is 1. The molecule has 94 valence electrons. The SMILES string of the molecule is O=C(NCc1ccncc1)c1cccc2[nH]cnc12. The first-order chi connectivity index (χ1) is 9.34. The lowest BCUT2D eigenvalue weighted by Crippen LogP contribution is -2.23. The van der Waals surface area contributed by atoms with E-state index < -0.39 is 0 Å². The van der Waals surface area contributed by atoms with E-state index in [1.165, 1.54) is 0 Å². The Morgan fingerprint density at radius 1 is 1.21 bits per heavy atom. The molecule has 5 heteroatoms. The molecule has 0 aliphatic heterocycles. The number of carbonyl (C=O) groups excluding carboxylic acids is 1. The fourth-order valence-corrected chi connectivity index (χ4v) is 1.93. The van der Waals surface area contributed by atoms with Crippen LogP contribution >= 0.6 is 0 Å². The molecule has 0 atom stereocenters. The number of rotatable bonds is 3. The van der Waals surface area contributed by atoms with E-state index in [1.54, 1.807) is 24.8 Å². The van der Waals surface area contributed by atoms with Gasteiger partial charge in [0.15, 0.2) is 0 Å². The summed E-state index contributed by atoms with van der Waals surface area (Å²) in [4.78, 5) is 23.2. The third kappa shape index (κ3) is 2.30. The summed E-state index contributed by atoms with van der Waals surface area (Å²) in [6.45, 7) is 0.474. The van der Waals surface area contributed by atoms with Gasteiger partial charge in [-0.3, -0.25) is 9.78 Å². The minimum absolute atomic E-state index is 0.130. The van der Waals surface area contributed by atoms with Crippen molar-refractivity contribution in [3.63, 3.8) is 0 Å². The van der Waals surface area contributed by atoms with Crippen molar-refractivity contribution in [3.8, 4) is 0 Å². The monoisotopic (exact) mass is 252 g/mol. The van der Waals surface area contributed by atoms with Crippen molar-refractivity contribution in [2.45, 2.75) is 6.54 Å². The molecule has 1 aromatic carbocycles. The number of benzene rings is 1. The van der Waals surface area contributed by atoms with Crippen LogP contribution in [0.15, 0.2) is 49.1 Å². The van der Waals surface area contributed by atoms with Gasteiger partial charge in [-0.05, 0) is 29.8 Å². The summed E-state index contributed by atoms with van der Waals surface area (Å²) in [5.74, 6) is -0.130. The Labute approximate surface area is 109 Å². The summed E-state index contributed by atoms with van der Waals surface area (Å²) in [6, 6.07) is 9.24. The van der Waals surface area contributed by atoms with Gasteiger partial charge in [-0.15, -0.1) is 0 Å². The molecule has 5 nitrogen and oxygen atoms in total. The lowest BCUT2D eigenvalue weighted by atomic mass is 10.1. The predicted molar refractivity (Wildman–Crippen MR) is 71.5 cm³/mol. The van der Waals surface area contributed by atoms with Crippen LogP contribution in [-0.4, -0.2) is 20.9 Å². The molecule has 0 saturated heterocycles. The quantitative estimate of drug-likeness (QED) is 0.747. The second-order valence-electron chi connectivity index (χ2n) is 4.14. The fourth-order valence-electron chi connectivity index (χ4n) is 1.93. The molecule has 0 radical (unpaired) electrons. The van der Waals surface area contributed by atoms with E-state index in [1.807, 2.05) is 24.3 Å². The van der Waals surface area contributed by atoms with E-state index in [2.05, 4.69) is 20.3 Å². The third-order valence-electron chi connectivity index (χ3n) is 2.90. The van der Waals surface area contributed by atoms with Gasteiger partial charge in [0.05, 0.1) is 17.4 Å². The zero-order valence-corrected chi connectivity index (χ0v) is 10.1. The maximum Gasteiger partial charge on any atom is 0.253 e. The first kappa shape index (κ1) is 11.4. The van der Waals surface area contributed by atoms with Crippen molar-refractivity contribution in [2.24, 2.45) is 0 Å². The predicted octanol–water partition coefficient (Wildman–Crippen LogP) is 1.89. The summed E-state index contributed by atoms with van der Waals surface area (Å²) in [5.41, 5.74) is 3.14. The molecular formula is C14H12N4O. The maximum absolute atomic E-state index is 12.1. The van der Waals surface area contributed by atoms with Crippen molar-refractivity contribution in [3.05, 3.63) is 60.2 Å². The van der Waals surface area contributed by atoms with E-state index >= 15 is 0 Å². The molecule has 0 saturated carbocycles. The number of hydrogen-bond acceptors (Lipinski definition) is 3. The van der Waals surface area contributed by atoms with Gasteiger partial charge in [-0.25, -0.2) is 4.98 Å². The van der Waals surface area contributed by atoms with Gasteiger partial charge in [-0.1, -0.05) is 6.07 Å². The topological polar surface area (TPSA) is 70.7 Å². The van der Waals surface area contributed by atoms with Gasteiger partial charge in [0.1, 0.15) is 5.52 Å². The fraction of sp³-hybridized carbons (Fsp3) is 0.0714. The van der Waals surface area contributed by atoms with Crippen LogP contribution in [0.4, 0.5) is 0 Å². The number of amides is 1. The molecule has 2 N–H and O–H groups in total. The molecule has 0 fully saturated rings. The zero-order chi connectivity index (χ0) is 13.1. The Bertz CT molecular complexity index is 706. The van der Waals surface area contributed by atoms with Gasteiger partial charge in [0.2, 0.25) is 0 Å². The van der Waals surface area contributed by atoms with Gasteiger partial charge >= 0.3 is 0 Å². The number of aromatic nitrogens is 3. The Hall–Kier alpha value is -2.69. The molecule has 19 heavy (non-hydrogen) atoms. The van der Waals surface area contributed by atoms with E-state index in [-0.39, 0.29) is 5.91 Å². The van der Waals surface area contributed by atoms with Crippen molar-refractivity contribution in [1.82, 2.24) is 20.3 Å². The molecule has 0 bridgehead atoms. The van der Waals surface area contributed by atoms with Crippen LogP contribution in [-0.2, 0) is 6.54 Å². The molecule has 3 aromatic rings. The molecule has 2 heterocycles. The number of H-pyrrole nitrogens is 1. The highest BCUT2D eigenvalue weighted by molar-refractivity contribution is 6.04. The summed E-state index contributed by atoms with van der Waals surface area (Å²) >= 11 is 0. The molecule has 1 amide bonds. The van der Waals surface area contributed by atoms with E-state index in [4.69, 9.17) is 0 Å². The largest absolute Gasteiger partial charge is 0.348 e. The number of carbonyl (C=O) groups is 1. The minimum atomic E-state index is -0.130. The average Bonchev–Trinajstić information content (AvgIpc) is 2.94. The van der Waals surface area contributed by atoms with Gasteiger partial charge < -0.3 is 10.3 Å². The third-order valence-corrected chi connectivity index (χ3v) is 2.90. The number of nitrogens with zero attached hydrogens (tertiary/aromatic N) is 2. The molecule has 0 unspecified atom stereocenters. The second-order valence-corrected chi connectivity index (χ2v) is 4.14.